The van der Waals surface area contributed by atoms with Crippen molar-refractivity contribution < 1.29 is 4.39 Å². The number of hydrogen-bond acceptors (Lipinski definition) is 1. The van der Waals surface area contributed by atoms with Gasteiger partial charge >= 0.3 is 0 Å². The monoisotopic (exact) mass is 240 g/mol. The van der Waals surface area contributed by atoms with Gasteiger partial charge < -0.3 is 4.57 Å². The van der Waals surface area contributed by atoms with Crippen molar-refractivity contribution in [1.29, 1.82) is 0 Å². The molecule has 0 radical (unpaired) electrons. The first-order valence-electron chi connectivity index (χ1n) is 5.39. The summed E-state index contributed by atoms with van der Waals surface area (Å²) >= 11 is 5.87. The summed E-state index contributed by atoms with van der Waals surface area (Å²) in [4.78, 5) is 4.41. The van der Waals surface area contributed by atoms with Gasteiger partial charge in [-0.15, -0.1) is 11.6 Å². The van der Waals surface area contributed by atoms with Crippen LogP contribution in [0.4, 0.5) is 4.39 Å². The summed E-state index contributed by atoms with van der Waals surface area (Å²) in [5, 5.41) is 0. The summed E-state index contributed by atoms with van der Waals surface area (Å²) in [5.74, 6) is 0.912. The molecule has 0 aliphatic carbocycles. The van der Waals surface area contributed by atoms with E-state index in [1.807, 2.05) is 4.57 Å². The molecule has 0 saturated carbocycles. The molecule has 0 bridgehead atoms. The molecular weight excluding hydrogens is 227 g/mol. The number of alkyl halides is 1. The van der Waals surface area contributed by atoms with Gasteiger partial charge in [0.05, 0.1) is 16.9 Å². The van der Waals surface area contributed by atoms with Crippen LogP contribution in [0.3, 0.4) is 0 Å². The molecule has 0 amide bonds. The normalized spacial score (nSPS) is 13.2. The van der Waals surface area contributed by atoms with Gasteiger partial charge in [0.15, 0.2) is 0 Å². The van der Waals surface area contributed by atoms with Crippen molar-refractivity contribution in [3.8, 4) is 0 Å². The first-order valence-corrected chi connectivity index (χ1v) is 5.93. The summed E-state index contributed by atoms with van der Waals surface area (Å²) in [6.45, 7) is 4.18. The van der Waals surface area contributed by atoms with Gasteiger partial charge in [-0.2, -0.15) is 0 Å². The van der Waals surface area contributed by atoms with Crippen LogP contribution in [0.25, 0.3) is 11.0 Å². The van der Waals surface area contributed by atoms with E-state index < -0.39 is 0 Å². The standard InChI is InChI=1S/C12H14ClFN2/c1-3-8(2)16-11-6-9(14)4-5-10(11)15-12(16)7-13/h4-6,8H,3,7H2,1-2H3. The van der Waals surface area contributed by atoms with Crippen molar-refractivity contribution in [2.45, 2.75) is 32.2 Å². The Morgan fingerprint density at radius 2 is 2.25 bits per heavy atom. The zero-order valence-corrected chi connectivity index (χ0v) is 10.1. The Kier molecular flexibility index (Phi) is 3.15. The predicted octanol–water partition coefficient (Wildman–Crippen LogP) is 3.89. The summed E-state index contributed by atoms with van der Waals surface area (Å²) in [7, 11) is 0. The molecule has 1 unspecified atom stereocenters. The third-order valence-electron chi connectivity index (χ3n) is 2.88. The lowest BCUT2D eigenvalue weighted by Crippen LogP contribution is -2.07. The molecule has 0 aliphatic rings. The molecule has 2 nitrogen and oxygen atoms in total. The Morgan fingerprint density at radius 1 is 1.50 bits per heavy atom. The lowest BCUT2D eigenvalue weighted by molar-refractivity contribution is 0.529. The fourth-order valence-electron chi connectivity index (χ4n) is 1.88. The maximum atomic E-state index is 13.2. The Morgan fingerprint density at radius 3 is 2.88 bits per heavy atom. The molecule has 1 aromatic carbocycles. The number of aromatic nitrogens is 2. The van der Waals surface area contributed by atoms with Crippen LogP contribution in [0.5, 0.6) is 0 Å². The highest BCUT2D eigenvalue weighted by Crippen LogP contribution is 2.24. The van der Waals surface area contributed by atoms with Gasteiger partial charge in [0.2, 0.25) is 0 Å². The van der Waals surface area contributed by atoms with Gasteiger partial charge in [0, 0.05) is 6.04 Å². The molecular formula is C12H14ClFN2. The molecule has 2 rings (SSSR count). The van der Waals surface area contributed by atoms with Crippen LogP contribution in [-0.4, -0.2) is 9.55 Å². The van der Waals surface area contributed by atoms with Crippen LogP contribution in [0.15, 0.2) is 18.2 Å². The van der Waals surface area contributed by atoms with Gasteiger partial charge in [-0.3, -0.25) is 0 Å². The number of imidazole rings is 1. The Bertz CT molecular complexity index is 507. The number of benzene rings is 1. The second kappa shape index (κ2) is 4.42. The molecule has 16 heavy (non-hydrogen) atoms. The van der Waals surface area contributed by atoms with E-state index in [0.717, 1.165) is 23.3 Å². The second-order valence-electron chi connectivity index (χ2n) is 3.92. The van der Waals surface area contributed by atoms with Crippen molar-refractivity contribution in [3.05, 3.63) is 29.8 Å². The third-order valence-corrected chi connectivity index (χ3v) is 3.11. The summed E-state index contributed by atoms with van der Waals surface area (Å²) < 4.78 is 15.2. The Balaban J connectivity index is 2.70. The van der Waals surface area contributed by atoms with Gasteiger partial charge in [-0.1, -0.05) is 6.92 Å². The second-order valence-corrected chi connectivity index (χ2v) is 4.19. The first-order chi connectivity index (χ1) is 7.67. The van der Waals surface area contributed by atoms with Crippen LogP contribution >= 0.6 is 11.6 Å². The van der Waals surface area contributed by atoms with E-state index in [1.54, 1.807) is 6.07 Å². The van der Waals surface area contributed by atoms with E-state index in [-0.39, 0.29) is 11.9 Å². The molecule has 0 spiro atoms. The number of hydrogen-bond donors (Lipinski definition) is 0. The Hall–Kier alpha value is -1.09. The number of fused-ring (bicyclic) bond motifs is 1. The van der Waals surface area contributed by atoms with Crippen molar-refractivity contribution in [3.63, 3.8) is 0 Å². The molecule has 2 aromatic rings. The molecule has 0 aliphatic heterocycles. The lowest BCUT2D eigenvalue weighted by atomic mass is 10.2. The highest BCUT2D eigenvalue weighted by Gasteiger charge is 2.14. The van der Waals surface area contributed by atoms with Crippen LogP contribution in [0.2, 0.25) is 0 Å². The SMILES string of the molecule is CCC(C)n1c(CCl)nc2ccc(F)cc21. The van der Waals surface area contributed by atoms with Crippen molar-refractivity contribution in [2.24, 2.45) is 0 Å². The summed E-state index contributed by atoms with van der Waals surface area (Å²) in [6, 6.07) is 4.92. The molecule has 1 aromatic heterocycles. The fraction of sp³-hybridized carbons (Fsp3) is 0.417. The average Bonchev–Trinajstić information content (AvgIpc) is 2.65. The molecule has 0 saturated heterocycles. The van der Waals surface area contributed by atoms with Crippen LogP contribution in [0, 0.1) is 5.82 Å². The topological polar surface area (TPSA) is 17.8 Å². The largest absolute Gasteiger partial charge is 0.324 e. The minimum atomic E-state index is -0.238. The number of nitrogens with zero attached hydrogens (tertiary/aromatic N) is 2. The molecule has 86 valence electrons. The first kappa shape index (κ1) is 11.4. The zero-order valence-electron chi connectivity index (χ0n) is 9.37. The van der Waals surface area contributed by atoms with Crippen LogP contribution < -0.4 is 0 Å². The van der Waals surface area contributed by atoms with E-state index in [9.17, 15) is 4.39 Å². The van der Waals surface area contributed by atoms with Crippen molar-refractivity contribution in [2.75, 3.05) is 0 Å². The lowest BCUT2D eigenvalue weighted by Gasteiger charge is -2.14. The van der Waals surface area contributed by atoms with E-state index >= 15 is 0 Å². The summed E-state index contributed by atoms with van der Waals surface area (Å²) in [6.07, 6.45) is 0.964. The molecule has 1 atom stereocenters. The third kappa shape index (κ3) is 1.80. The van der Waals surface area contributed by atoms with E-state index in [1.165, 1.54) is 12.1 Å². The number of halogens is 2. The molecule has 0 fully saturated rings. The maximum Gasteiger partial charge on any atom is 0.125 e. The van der Waals surface area contributed by atoms with E-state index in [4.69, 9.17) is 11.6 Å². The quantitative estimate of drug-likeness (QED) is 0.745. The van der Waals surface area contributed by atoms with Gasteiger partial charge in [-0.25, -0.2) is 9.37 Å². The minimum absolute atomic E-state index is 0.238. The van der Waals surface area contributed by atoms with Crippen LogP contribution in [0.1, 0.15) is 32.1 Å². The smallest absolute Gasteiger partial charge is 0.125 e. The fourth-order valence-corrected chi connectivity index (χ4v) is 2.07. The van der Waals surface area contributed by atoms with Crippen LogP contribution in [-0.2, 0) is 5.88 Å². The molecule has 1 heterocycles. The highest BCUT2D eigenvalue weighted by molar-refractivity contribution is 6.16. The predicted molar refractivity (Wildman–Crippen MR) is 64.3 cm³/mol. The zero-order chi connectivity index (χ0) is 11.7. The van der Waals surface area contributed by atoms with E-state index in [2.05, 4.69) is 18.8 Å². The maximum absolute atomic E-state index is 13.2. The molecule has 4 heteroatoms. The molecule has 0 N–H and O–H groups in total. The van der Waals surface area contributed by atoms with Crippen molar-refractivity contribution >= 4 is 22.6 Å². The average molecular weight is 241 g/mol. The van der Waals surface area contributed by atoms with E-state index in [0.29, 0.717) is 5.88 Å². The Labute approximate surface area is 99.0 Å². The van der Waals surface area contributed by atoms with Gasteiger partial charge in [0.1, 0.15) is 11.6 Å². The number of rotatable bonds is 3. The van der Waals surface area contributed by atoms with Crippen molar-refractivity contribution in [1.82, 2.24) is 9.55 Å². The van der Waals surface area contributed by atoms with Gasteiger partial charge in [-0.05, 0) is 31.5 Å². The minimum Gasteiger partial charge on any atom is -0.324 e. The van der Waals surface area contributed by atoms with Gasteiger partial charge in [0.25, 0.3) is 0 Å². The summed E-state index contributed by atoms with van der Waals surface area (Å²) in [5.41, 5.74) is 1.63. The highest BCUT2D eigenvalue weighted by atomic mass is 35.5.